The number of likely N-dealkylation sites (N-methyl/N-ethyl adjacent to an activating group) is 1. The highest BCUT2D eigenvalue weighted by molar-refractivity contribution is 5.96. The second-order valence-corrected chi connectivity index (χ2v) is 5.97. The largest absolute Gasteiger partial charge is 0.366 e. The van der Waals surface area contributed by atoms with E-state index in [2.05, 4.69) is 34.0 Å². The van der Waals surface area contributed by atoms with Crippen molar-refractivity contribution in [1.82, 2.24) is 14.8 Å². The minimum absolute atomic E-state index is 0.411. The highest BCUT2D eigenvalue weighted by atomic mass is 16.1. The molecule has 0 saturated carbocycles. The molecule has 5 nitrogen and oxygen atoms in total. The molecule has 116 valence electrons. The topological polar surface area (TPSA) is 62.5 Å². The van der Waals surface area contributed by atoms with Crippen molar-refractivity contribution < 1.29 is 4.79 Å². The molecule has 1 amide bonds. The summed E-state index contributed by atoms with van der Waals surface area (Å²) in [6, 6.07) is 9.55. The molecule has 1 saturated heterocycles. The molecule has 22 heavy (non-hydrogen) atoms. The van der Waals surface area contributed by atoms with E-state index in [1.54, 1.807) is 12.1 Å². The molecule has 2 heterocycles. The minimum Gasteiger partial charge on any atom is -0.366 e. The number of carbonyl (C=O) groups excluding carboxylic acids is 1. The number of pyridine rings is 1. The van der Waals surface area contributed by atoms with Crippen molar-refractivity contribution in [3.8, 4) is 0 Å². The van der Waals surface area contributed by atoms with Gasteiger partial charge in [0.15, 0.2) is 0 Å². The fourth-order valence-corrected chi connectivity index (χ4v) is 2.80. The standard InChI is InChI=1S/C17H22N4O/c1-20-8-10-21(11-9-20)7-6-15-5-4-13-2-3-14(17(18)22)12-16(13)19-15/h2-5,12H,6-11H2,1H3,(H2,18,22). The van der Waals surface area contributed by atoms with Crippen LogP contribution in [0, 0.1) is 0 Å². The molecule has 1 aliphatic heterocycles. The van der Waals surface area contributed by atoms with E-state index >= 15 is 0 Å². The summed E-state index contributed by atoms with van der Waals surface area (Å²) in [5, 5.41) is 1.04. The minimum atomic E-state index is -0.411. The van der Waals surface area contributed by atoms with Crippen LogP contribution in [0.4, 0.5) is 0 Å². The second kappa shape index (κ2) is 6.42. The molecule has 5 heteroatoms. The predicted octanol–water partition coefficient (Wildman–Crippen LogP) is 1.12. The van der Waals surface area contributed by atoms with Crippen LogP contribution in [0.2, 0.25) is 0 Å². The van der Waals surface area contributed by atoms with Crippen molar-refractivity contribution in [2.24, 2.45) is 5.73 Å². The van der Waals surface area contributed by atoms with Crippen molar-refractivity contribution in [2.75, 3.05) is 39.8 Å². The van der Waals surface area contributed by atoms with Gasteiger partial charge in [0.25, 0.3) is 0 Å². The van der Waals surface area contributed by atoms with Crippen molar-refractivity contribution in [3.05, 3.63) is 41.6 Å². The summed E-state index contributed by atoms with van der Waals surface area (Å²) >= 11 is 0. The number of primary amides is 1. The molecule has 0 spiro atoms. The first-order chi connectivity index (χ1) is 10.6. The maximum absolute atomic E-state index is 11.3. The van der Waals surface area contributed by atoms with E-state index in [1.165, 1.54) is 0 Å². The van der Waals surface area contributed by atoms with Gasteiger partial charge in [-0.1, -0.05) is 12.1 Å². The van der Waals surface area contributed by atoms with Crippen LogP contribution >= 0.6 is 0 Å². The Labute approximate surface area is 130 Å². The molecule has 0 aliphatic carbocycles. The van der Waals surface area contributed by atoms with Crippen LogP contribution in [0.3, 0.4) is 0 Å². The zero-order chi connectivity index (χ0) is 15.5. The fourth-order valence-electron chi connectivity index (χ4n) is 2.80. The van der Waals surface area contributed by atoms with Gasteiger partial charge in [0.05, 0.1) is 5.52 Å². The second-order valence-electron chi connectivity index (χ2n) is 5.97. The third-order valence-electron chi connectivity index (χ3n) is 4.31. The number of piperazine rings is 1. The Morgan fingerprint density at radius 2 is 1.91 bits per heavy atom. The number of hydrogen-bond donors (Lipinski definition) is 1. The molecular weight excluding hydrogens is 276 g/mol. The molecule has 1 aromatic carbocycles. The van der Waals surface area contributed by atoms with Gasteiger partial charge >= 0.3 is 0 Å². The zero-order valence-electron chi connectivity index (χ0n) is 13.0. The number of nitrogens with two attached hydrogens (primary N) is 1. The van der Waals surface area contributed by atoms with Crippen molar-refractivity contribution in [1.29, 1.82) is 0 Å². The zero-order valence-corrected chi connectivity index (χ0v) is 13.0. The Kier molecular flexibility index (Phi) is 4.36. The van der Waals surface area contributed by atoms with Crippen LogP contribution in [-0.2, 0) is 6.42 Å². The Bertz CT molecular complexity index is 677. The van der Waals surface area contributed by atoms with Crippen LogP contribution < -0.4 is 5.73 Å². The van der Waals surface area contributed by atoms with Crippen molar-refractivity contribution in [3.63, 3.8) is 0 Å². The SMILES string of the molecule is CN1CCN(CCc2ccc3ccc(C(N)=O)cc3n2)CC1. The average molecular weight is 298 g/mol. The van der Waals surface area contributed by atoms with Gasteiger partial charge in [-0.2, -0.15) is 0 Å². The number of benzene rings is 1. The van der Waals surface area contributed by atoms with Crippen LogP contribution in [0.1, 0.15) is 16.1 Å². The lowest BCUT2D eigenvalue weighted by atomic mass is 10.1. The summed E-state index contributed by atoms with van der Waals surface area (Å²) in [6.07, 6.45) is 0.931. The third-order valence-corrected chi connectivity index (χ3v) is 4.31. The first kappa shape index (κ1) is 14.9. The number of rotatable bonds is 4. The van der Waals surface area contributed by atoms with Crippen LogP contribution in [-0.4, -0.2) is 60.5 Å². The first-order valence-electron chi connectivity index (χ1n) is 7.72. The smallest absolute Gasteiger partial charge is 0.248 e. The van der Waals surface area contributed by atoms with E-state index in [4.69, 9.17) is 5.73 Å². The maximum Gasteiger partial charge on any atom is 0.248 e. The van der Waals surface area contributed by atoms with Gasteiger partial charge in [0, 0.05) is 55.8 Å². The molecule has 1 aromatic heterocycles. The molecule has 0 bridgehead atoms. The Morgan fingerprint density at radius 3 is 2.64 bits per heavy atom. The van der Waals surface area contributed by atoms with Gasteiger partial charge in [0.1, 0.15) is 0 Å². The molecule has 0 unspecified atom stereocenters. The van der Waals surface area contributed by atoms with Crippen molar-refractivity contribution in [2.45, 2.75) is 6.42 Å². The molecule has 0 atom stereocenters. The van der Waals surface area contributed by atoms with E-state index < -0.39 is 5.91 Å². The van der Waals surface area contributed by atoms with E-state index in [9.17, 15) is 4.79 Å². The Balaban J connectivity index is 1.70. The molecule has 0 radical (unpaired) electrons. The van der Waals surface area contributed by atoms with E-state index in [1.807, 2.05) is 6.07 Å². The summed E-state index contributed by atoms with van der Waals surface area (Å²) in [5.74, 6) is -0.411. The number of fused-ring (bicyclic) bond motifs is 1. The normalized spacial score (nSPS) is 17.0. The highest BCUT2D eigenvalue weighted by Crippen LogP contribution is 2.15. The van der Waals surface area contributed by atoms with Gasteiger partial charge in [-0.25, -0.2) is 0 Å². The van der Waals surface area contributed by atoms with Crippen LogP contribution in [0.15, 0.2) is 30.3 Å². The Hall–Kier alpha value is -1.98. The molecule has 2 N–H and O–H groups in total. The average Bonchev–Trinajstić information content (AvgIpc) is 2.53. The number of amides is 1. The molecule has 1 fully saturated rings. The summed E-state index contributed by atoms with van der Waals surface area (Å²) < 4.78 is 0. The van der Waals surface area contributed by atoms with Crippen LogP contribution in [0.5, 0.6) is 0 Å². The first-order valence-corrected chi connectivity index (χ1v) is 7.72. The molecule has 2 aromatic rings. The molecule has 1 aliphatic rings. The monoisotopic (exact) mass is 298 g/mol. The number of carbonyl (C=O) groups is 1. The van der Waals surface area contributed by atoms with Crippen LogP contribution in [0.25, 0.3) is 10.9 Å². The van der Waals surface area contributed by atoms with E-state index in [0.29, 0.717) is 5.56 Å². The summed E-state index contributed by atoms with van der Waals surface area (Å²) in [4.78, 5) is 20.8. The summed E-state index contributed by atoms with van der Waals surface area (Å²) in [5.41, 5.74) is 7.75. The van der Waals surface area contributed by atoms with Gasteiger partial charge in [-0.3, -0.25) is 9.78 Å². The van der Waals surface area contributed by atoms with E-state index in [-0.39, 0.29) is 0 Å². The lowest BCUT2D eigenvalue weighted by molar-refractivity contribution is 0.100. The number of nitrogens with zero attached hydrogens (tertiary/aromatic N) is 3. The quantitative estimate of drug-likeness (QED) is 0.919. The summed E-state index contributed by atoms with van der Waals surface area (Å²) in [6.45, 7) is 5.54. The summed E-state index contributed by atoms with van der Waals surface area (Å²) in [7, 11) is 2.17. The van der Waals surface area contributed by atoms with Gasteiger partial charge in [-0.15, -0.1) is 0 Å². The van der Waals surface area contributed by atoms with Gasteiger partial charge in [-0.05, 0) is 25.2 Å². The maximum atomic E-state index is 11.3. The van der Waals surface area contributed by atoms with E-state index in [0.717, 1.165) is 55.7 Å². The van der Waals surface area contributed by atoms with Gasteiger partial charge < -0.3 is 15.5 Å². The molecule has 3 rings (SSSR count). The Morgan fingerprint density at radius 1 is 1.18 bits per heavy atom. The molecular formula is C17H22N4O. The number of aromatic nitrogens is 1. The number of hydrogen-bond acceptors (Lipinski definition) is 4. The lowest BCUT2D eigenvalue weighted by Gasteiger charge is -2.32. The third kappa shape index (κ3) is 3.43. The van der Waals surface area contributed by atoms with Crippen molar-refractivity contribution >= 4 is 16.8 Å². The lowest BCUT2D eigenvalue weighted by Crippen LogP contribution is -2.45. The fraction of sp³-hybridized carbons (Fsp3) is 0.412. The van der Waals surface area contributed by atoms with Gasteiger partial charge in [0.2, 0.25) is 5.91 Å². The highest BCUT2D eigenvalue weighted by Gasteiger charge is 2.13. The predicted molar refractivity (Wildman–Crippen MR) is 87.9 cm³/mol.